The van der Waals surface area contributed by atoms with Gasteiger partial charge in [0.05, 0.1) is 12.5 Å². The summed E-state index contributed by atoms with van der Waals surface area (Å²) in [5, 5.41) is 3.85. The number of para-hydroxylation sites is 1. The van der Waals surface area contributed by atoms with E-state index in [2.05, 4.69) is 15.3 Å². The van der Waals surface area contributed by atoms with Crippen LogP contribution in [0.5, 0.6) is 5.75 Å². The van der Waals surface area contributed by atoms with Crippen LogP contribution >= 0.6 is 0 Å². The van der Waals surface area contributed by atoms with Gasteiger partial charge in [-0.1, -0.05) is 6.07 Å². The predicted octanol–water partition coefficient (Wildman–Crippen LogP) is 1.01. The third kappa shape index (κ3) is 1.76. The molecule has 18 heavy (non-hydrogen) atoms. The van der Waals surface area contributed by atoms with Gasteiger partial charge in [-0.2, -0.15) is 0 Å². The molecule has 94 valence electrons. The number of nitrogens with zero attached hydrogens (tertiary/aromatic N) is 1. The van der Waals surface area contributed by atoms with Crippen molar-refractivity contribution < 1.29 is 4.74 Å². The summed E-state index contributed by atoms with van der Waals surface area (Å²) >= 11 is 0. The van der Waals surface area contributed by atoms with Crippen molar-refractivity contribution in [3.05, 3.63) is 34.4 Å². The highest BCUT2D eigenvalue weighted by Gasteiger charge is 2.20. The number of H-pyrrole nitrogens is 1. The zero-order valence-electron chi connectivity index (χ0n) is 10.2. The zero-order valence-corrected chi connectivity index (χ0v) is 10.2. The van der Waals surface area contributed by atoms with Gasteiger partial charge in [-0.25, -0.2) is 4.98 Å². The van der Waals surface area contributed by atoms with E-state index in [1.54, 1.807) is 19.2 Å². The number of benzene rings is 1. The first-order valence-electron chi connectivity index (χ1n) is 6.07. The second-order valence-electron chi connectivity index (χ2n) is 4.50. The van der Waals surface area contributed by atoms with E-state index in [0.717, 1.165) is 25.3 Å². The maximum Gasteiger partial charge on any atom is 0.258 e. The molecule has 0 spiro atoms. The number of hydrogen-bond donors (Lipinski definition) is 2. The summed E-state index contributed by atoms with van der Waals surface area (Å²) in [6.07, 6.45) is 1.00. The molecule has 5 nitrogen and oxygen atoms in total. The fourth-order valence-corrected chi connectivity index (χ4v) is 2.40. The van der Waals surface area contributed by atoms with Crippen LogP contribution in [0.25, 0.3) is 10.9 Å². The Balaban J connectivity index is 2.21. The van der Waals surface area contributed by atoms with E-state index in [0.29, 0.717) is 16.7 Å². The van der Waals surface area contributed by atoms with Gasteiger partial charge in [0.2, 0.25) is 0 Å². The van der Waals surface area contributed by atoms with Gasteiger partial charge in [-0.05, 0) is 25.1 Å². The number of aromatic amines is 1. The number of fused-ring (bicyclic) bond motifs is 1. The summed E-state index contributed by atoms with van der Waals surface area (Å²) in [5.74, 6) is 1.68. The van der Waals surface area contributed by atoms with Gasteiger partial charge in [0.25, 0.3) is 5.56 Å². The molecular weight excluding hydrogens is 230 g/mol. The minimum atomic E-state index is -0.0965. The first-order chi connectivity index (χ1) is 8.79. The van der Waals surface area contributed by atoms with Gasteiger partial charge in [-0.15, -0.1) is 0 Å². The van der Waals surface area contributed by atoms with Gasteiger partial charge >= 0.3 is 0 Å². The summed E-state index contributed by atoms with van der Waals surface area (Å²) in [6, 6.07) is 5.39. The molecule has 1 aromatic heterocycles. The highest BCUT2D eigenvalue weighted by atomic mass is 16.5. The molecule has 1 aromatic carbocycles. The van der Waals surface area contributed by atoms with Crippen LogP contribution in [0.3, 0.4) is 0 Å². The van der Waals surface area contributed by atoms with Crippen LogP contribution < -0.4 is 15.6 Å². The lowest BCUT2D eigenvalue weighted by atomic mass is 10.1. The predicted molar refractivity (Wildman–Crippen MR) is 69.1 cm³/mol. The minimum absolute atomic E-state index is 0.0965. The van der Waals surface area contributed by atoms with Crippen molar-refractivity contribution in [1.82, 2.24) is 15.3 Å². The molecule has 0 saturated carbocycles. The number of nitrogens with one attached hydrogen (secondary N) is 2. The largest absolute Gasteiger partial charge is 0.494 e. The molecule has 3 rings (SSSR count). The molecule has 1 saturated heterocycles. The van der Waals surface area contributed by atoms with Crippen LogP contribution in [0.4, 0.5) is 0 Å². The van der Waals surface area contributed by atoms with Crippen molar-refractivity contribution in [2.75, 3.05) is 20.2 Å². The first kappa shape index (κ1) is 11.2. The lowest BCUT2D eigenvalue weighted by Crippen LogP contribution is -2.17. The molecule has 2 N–H and O–H groups in total. The Labute approximate surface area is 104 Å². The van der Waals surface area contributed by atoms with E-state index >= 15 is 0 Å². The zero-order chi connectivity index (χ0) is 12.5. The maximum atomic E-state index is 12.1. The topological polar surface area (TPSA) is 67.0 Å². The van der Waals surface area contributed by atoms with E-state index in [4.69, 9.17) is 4.74 Å². The Morgan fingerprint density at radius 2 is 2.33 bits per heavy atom. The molecule has 2 aromatic rings. The SMILES string of the molecule is COc1cccc2c(=O)[nH]c(C3CCNC3)nc12. The van der Waals surface area contributed by atoms with Crippen molar-refractivity contribution >= 4 is 10.9 Å². The number of methoxy groups -OCH3 is 1. The van der Waals surface area contributed by atoms with Crippen LogP contribution in [0, 0.1) is 0 Å². The number of hydrogen-bond acceptors (Lipinski definition) is 4. The lowest BCUT2D eigenvalue weighted by Gasteiger charge is -2.10. The van der Waals surface area contributed by atoms with Crippen molar-refractivity contribution in [3.63, 3.8) is 0 Å². The Morgan fingerprint density at radius 3 is 3.06 bits per heavy atom. The molecule has 1 unspecified atom stereocenters. The fraction of sp³-hybridized carbons (Fsp3) is 0.385. The van der Waals surface area contributed by atoms with Gasteiger partial charge in [0.15, 0.2) is 0 Å². The third-order valence-electron chi connectivity index (χ3n) is 3.38. The highest BCUT2D eigenvalue weighted by Crippen LogP contribution is 2.24. The van der Waals surface area contributed by atoms with E-state index < -0.39 is 0 Å². The van der Waals surface area contributed by atoms with Gasteiger partial charge in [0.1, 0.15) is 17.1 Å². The van der Waals surface area contributed by atoms with Crippen molar-refractivity contribution in [3.8, 4) is 5.75 Å². The Bertz CT molecular complexity index is 630. The molecule has 1 aliphatic rings. The Morgan fingerprint density at radius 1 is 1.44 bits per heavy atom. The molecule has 0 aliphatic carbocycles. The molecule has 0 amide bonds. The summed E-state index contributed by atoms with van der Waals surface area (Å²) in [5.41, 5.74) is 0.548. The minimum Gasteiger partial charge on any atom is -0.494 e. The van der Waals surface area contributed by atoms with Gasteiger partial charge in [0, 0.05) is 12.5 Å². The normalized spacial score (nSPS) is 19.3. The van der Waals surface area contributed by atoms with Crippen LogP contribution in [-0.2, 0) is 0 Å². The summed E-state index contributed by atoms with van der Waals surface area (Å²) in [6.45, 7) is 1.84. The smallest absolute Gasteiger partial charge is 0.258 e. The van der Waals surface area contributed by atoms with Crippen LogP contribution in [0.2, 0.25) is 0 Å². The Hall–Kier alpha value is -1.88. The molecule has 1 atom stereocenters. The monoisotopic (exact) mass is 245 g/mol. The third-order valence-corrected chi connectivity index (χ3v) is 3.38. The maximum absolute atomic E-state index is 12.1. The number of ether oxygens (including phenoxy) is 1. The lowest BCUT2D eigenvalue weighted by molar-refractivity contribution is 0.418. The molecule has 0 bridgehead atoms. The molecule has 0 radical (unpaired) electrons. The summed E-state index contributed by atoms with van der Waals surface area (Å²) < 4.78 is 5.27. The number of rotatable bonds is 2. The van der Waals surface area contributed by atoms with E-state index in [1.165, 1.54) is 0 Å². The first-order valence-corrected chi connectivity index (χ1v) is 6.07. The average molecular weight is 245 g/mol. The fourth-order valence-electron chi connectivity index (χ4n) is 2.40. The van der Waals surface area contributed by atoms with Gasteiger partial charge in [-0.3, -0.25) is 4.79 Å². The molecule has 1 fully saturated rings. The van der Waals surface area contributed by atoms with E-state index in [-0.39, 0.29) is 11.5 Å². The highest BCUT2D eigenvalue weighted by molar-refractivity contribution is 5.83. The van der Waals surface area contributed by atoms with E-state index in [9.17, 15) is 4.79 Å². The Kier molecular flexibility index (Phi) is 2.76. The number of aromatic nitrogens is 2. The van der Waals surface area contributed by atoms with Crippen LogP contribution in [0.15, 0.2) is 23.0 Å². The molecular formula is C13H15N3O2. The second kappa shape index (κ2) is 4.42. The molecule has 5 heteroatoms. The van der Waals surface area contributed by atoms with Crippen molar-refractivity contribution in [2.45, 2.75) is 12.3 Å². The average Bonchev–Trinajstić information content (AvgIpc) is 2.92. The second-order valence-corrected chi connectivity index (χ2v) is 4.50. The molecule has 2 heterocycles. The summed E-state index contributed by atoms with van der Waals surface area (Å²) in [4.78, 5) is 19.5. The van der Waals surface area contributed by atoms with Crippen LogP contribution in [0.1, 0.15) is 18.2 Å². The van der Waals surface area contributed by atoms with Crippen LogP contribution in [-0.4, -0.2) is 30.2 Å². The quantitative estimate of drug-likeness (QED) is 0.828. The summed E-state index contributed by atoms with van der Waals surface area (Å²) in [7, 11) is 1.59. The molecule has 1 aliphatic heterocycles. The van der Waals surface area contributed by atoms with Gasteiger partial charge < -0.3 is 15.0 Å². The standard InChI is InChI=1S/C13H15N3O2/c1-18-10-4-2-3-9-11(10)15-12(16-13(9)17)8-5-6-14-7-8/h2-4,8,14H,5-7H2,1H3,(H,15,16,17). The van der Waals surface area contributed by atoms with E-state index in [1.807, 2.05) is 6.07 Å². The van der Waals surface area contributed by atoms with Crippen molar-refractivity contribution in [1.29, 1.82) is 0 Å². The van der Waals surface area contributed by atoms with Crippen molar-refractivity contribution in [2.24, 2.45) is 0 Å².